The average molecular weight is 337 g/mol. The monoisotopic (exact) mass is 337 g/mol. The van der Waals surface area contributed by atoms with E-state index in [0.717, 1.165) is 55.2 Å². The highest BCUT2D eigenvalue weighted by atomic mass is 16.5. The van der Waals surface area contributed by atoms with Gasteiger partial charge in [-0.2, -0.15) is 0 Å². The molecule has 1 saturated heterocycles. The second-order valence-corrected chi connectivity index (χ2v) is 7.10. The molecule has 1 saturated carbocycles. The van der Waals surface area contributed by atoms with Crippen LogP contribution in [0.25, 0.3) is 0 Å². The molecule has 5 heteroatoms. The molecule has 1 aromatic heterocycles. The van der Waals surface area contributed by atoms with Crippen LogP contribution >= 0.6 is 0 Å². The quantitative estimate of drug-likeness (QED) is 0.861. The van der Waals surface area contributed by atoms with Crippen molar-refractivity contribution in [3.8, 4) is 5.75 Å². The highest BCUT2D eigenvalue weighted by Gasteiger charge is 2.53. The minimum Gasteiger partial charge on any atom is -0.497 e. The molecule has 25 heavy (non-hydrogen) atoms. The van der Waals surface area contributed by atoms with Crippen molar-refractivity contribution in [2.75, 3.05) is 20.2 Å². The minimum atomic E-state index is -0.325. The number of hydrogen-bond acceptors (Lipinski definition) is 4. The number of nitrogens with zero attached hydrogens (tertiary/aromatic N) is 3. The number of likely N-dealkylation sites (tertiary alicyclic amines) is 1. The number of ether oxygens (including phenoxy) is 1. The van der Waals surface area contributed by atoms with Gasteiger partial charge >= 0.3 is 0 Å². The minimum absolute atomic E-state index is 0.246. The summed E-state index contributed by atoms with van der Waals surface area (Å²) < 4.78 is 5.23. The fourth-order valence-electron chi connectivity index (χ4n) is 3.78. The Labute approximate surface area is 148 Å². The third-order valence-electron chi connectivity index (χ3n) is 5.46. The Balaban J connectivity index is 1.49. The van der Waals surface area contributed by atoms with Crippen LogP contribution in [0.5, 0.6) is 5.75 Å². The SMILES string of the molecule is COc1ccc(C2(C(=O)N3CCC(c4nccc(C)n4)C3)CC2)cc1. The zero-order valence-corrected chi connectivity index (χ0v) is 14.7. The van der Waals surface area contributed by atoms with E-state index in [4.69, 9.17) is 4.74 Å². The number of benzene rings is 1. The summed E-state index contributed by atoms with van der Waals surface area (Å²) in [5.41, 5.74) is 1.76. The Morgan fingerprint density at radius 2 is 2.00 bits per heavy atom. The van der Waals surface area contributed by atoms with Crippen molar-refractivity contribution in [2.45, 2.75) is 37.5 Å². The highest BCUT2D eigenvalue weighted by molar-refractivity contribution is 5.91. The first-order chi connectivity index (χ1) is 12.1. The van der Waals surface area contributed by atoms with Gasteiger partial charge in [0.25, 0.3) is 0 Å². The van der Waals surface area contributed by atoms with E-state index in [9.17, 15) is 4.79 Å². The zero-order valence-electron chi connectivity index (χ0n) is 14.7. The smallest absolute Gasteiger partial charge is 0.233 e. The van der Waals surface area contributed by atoms with Crippen LogP contribution < -0.4 is 4.74 Å². The van der Waals surface area contributed by atoms with Gasteiger partial charge in [-0.15, -0.1) is 0 Å². The molecule has 5 nitrogen and oxygen atoms in total. The van der Waals surface area contributed by atoms with Crippen LogP contribution in [-0.4, -0.2) is 41.0 Å². The van der Waals surface area contributed by atoms with Crippen molar-refractivity contribution < 1.29 is 9.53 Å². The molecule has 0 radical (unpaired) electrons. The maximum absolute atomic E-state index is 13.2. The zero-order chi connectivity index (χ0) is 17.4. The fourth-order valence-corrected chi connectivity index (χ4v) is 3.78. The summed E-state index contributed by atoms with van der Waals surface area (Å²) in [5, 5.41) is 0. The summed E-state index contributed by atoms with van der Waals surface area (Å²) in [4.78, 5) is 24.1. The molecule has 1 unspecified atom stereocenters. The molecule has 2 aromatic rings. The summed E-state index contributed by atoms with van der Waals surface area (Å²) in [6, 6.07) is 9.85. The van der Waals surface area contributed by atoms with Crippen LogP contribution in [0.15, 0.2) is 36.5 Å². The predicted molar refractivity (Wildman–Crippen MR) is 94.6 cm³/mol. The Hall–Kier alpha value is -2.43. The normalized spacial score (nSPS) is 21.2. The number of aryl methyl sites for hydroxylation is 1. The van der Waals surface area contributed by atoms with Crippen LogP contribution in [0.2, 0.25) is 0 Å². The second-order valence-electron chi connectivity index (χ2n) is 7.10. The number of carbonyl (C=O) groups is 1. The molecule has 0 N–H and O–H groups in total. The van der Waals surface area contributed by atoms with Crippen LogP contribution in [0, 0.1) is 6.92 Å². The summed E-state index contributed by atoms with van der Waals surface area (Å²) >= 11 is 0. The lowest BCUT2D eigenvalue weighted by atomic mass is 9.94. The van der Waals surface area contributed by atoms with E-state index in [0.29, 0.717) is 0 Å². The molecule has 2 aliphatic rings. The number of rotatable bonds is 4. The molecule has 0 bridgehead atoms. The van der Waals surface area contributed by atoms with Crippen LogP contribution in [0.1, 0.15) is 42.3 Å². The van der Waals surface area contributed by atoms with Gasteiger partial charge in [0.2, 0.25) is 5.91 Å². The number of aromatic nitrogens is 2. The third-order valence-corrected chi connectivity index (χ3v) is 5.46. The van der Waals surface area contributed by atoms with Crippen molar-refractivity contribution in [1.82, 2.24) is 14.9 Å². The molecule has 1 atom stereocenters. The van der Waals surface area contributed by atoms with E-state index in [1.165, 1.54) is 0 Å². The number of hydrogen-bond donors (Lipinski definition) is 0. The first-order valence-electron chi connectivity index (χ1n) is 8.86. The van der Waals surface area contributed by atoms with E-state index in [1.807, 2.05) is 48.4 Å². The number of carbonyl (C=O) groups excluding carboxylic acids is 1. The van der Waals surface area contributed by atoms with Gasteiger partial charge in [-0.3, -0.25) is 4.79 Å². The number of methoxy groups -OCH3 is 1. The highest BCUT2D eigenvalue weighted by Crippen LogP contribution is 2.50. The molecule has 1 aromatic carbocycles. The van der Waals surface area contributed by atoms with Gasteiger partial charge in [0.15, 0.2) is 0 Å². The molecular formula is C20H23N3O2. The second kappa shape index (κ2) is 6.14. The summed E-state index contributed by atoms with van der Waals surface area (Å²) in [5.74, 6) is 2.19. The van der Waals surface area contributed by atoms with Crippen LogP contribution in [0.4, 0.5) is 0 Å². The largest absolute Gasteiger partial charge is 0.497 e. The summed E-state index contributed by atoms with van der Waals surface area (Å²) in [6.45, 7) is 3.49. The summed E-state index contributed by atoms with van der Waals surface area (Å²) in [7, 11) is 1.66. The van der Waals surface area contributed by atoms with E-state index < -0.39 is 0 Å². The van der Waals surface area contributed by atoms with Crippen molar-refractivity contribution in [3.63, 3.8) is 0 Å². The van der Waals surface area contributed by atoms with Crippen LogP contribution in [0.3, 0.4) is 0 Å². The van der Waals surface area contributed by atoms with E-state index in [-0.39, 0.29) is 17.2 Å². The molecule has 1 aliphatic heterocycles. The van der Waals surface area contributed by atoms with E-state index in [1.54, 1.807) is 7.11 Å². The Bertz CT molecular complexity index is 784. The fraction of sp³-hybridized carbons (Fsp3) is 0.450. The third kappa shape index (κ3) is 2.88. The van der Waals surface area contributed by atoms with Gasteiger partial charge in [-0.25, -0.2) is 9.97 Å². The lowest BCUT2D eigenvalue weighted by Crippen LogP contribution is -2.37. The number of amides is 1. The first-order valence-corrected chi connectivity index (χ1v) is 8.86. The van der Waals surface area contributed by atoms with Crippen molar-refractivity contribution in [3.05, 3.63) is 53.6 Å². The van der Waals surface area contributed by atoms with E-state index in [2.05, 4.69) is 9.97 Å². The van der Waals surface area contributed by atoms with E-state index >= 15 is 0 Å². The van der Waals surface area contributed by atoms with Gasteiger partial charge in [0, 0.05) is 30.9 Å². The molecule has 1 amide bonds. The van der Waals surface area contributed by atoms with Gasteiger partial charge in [-0.05, 0) is 49.9 Å². The van der Waals surface area contributed by atoms with Crippen molar-refractivity contribution in [2.24, 2.45) is 0 Å². The first kappa shape index (κ1) is 16.1. The maximum Gasteiger partial charge on any atom is 0.233 e. The van der Waals surface area contributed by atoms with Crippen molar-refractivity contribution in [1.29, 1.82) is 0 Å². The summed E-state index contributed by atoms with van der Waals surface area (Å²) in [6.07, 6.45) is 4.61. The Morgan fingerprint density at radius 3 is 2.64 bits per heavy atom. The Morgan fingerprint density at radius 1 is 1.24 bits per heavy atom. The van der Waals surface area contributed by atoms with Gasteiger partial charge in [0.1, 0.15) is 11.6 Å². The molecule has 2 heterocycles. The molecule has 130 valence electrons. The topological polar surface area (TPSA) is 55.3 Å². The molecular weight excluding hydrogens is 314 g/mol. The molecule has 0 spiro atoms. The molecule has 4 rings (SSSR count). The standard InChI is InChI=1S/C20H23N3O2/c1-14-7-11-21-18(22-14)15-8-12-23(13-15)19(24)20(9-10-20)16-3-5-17(25-2)6-4-16/h3-7,11,15H,8-10,12-13H2,1-2H3. The van der Waals surface area contributed by atoms with Gasteiger partial charge < -0.3 is 9.64 Å². The lowest BCUT2D eigenvalue weighted by Gasteiger charge is -2.23. The Kier molecular flexibility index (Phi) is 3.94. The van der Waals surface area contributed by atoms with Gasteiger partial charge in [-0.1, -0.05) is 12.1 Å². The predicted octanol–water partition coefficient (Wildman–Crippen LogP) is 2.84. The average Bonchev–Trinajstić information content (AvgIpc) is 3.30. The van der Waals surface area contributed by atoms with Crippen LogP contribution in [-0.2, 0) is 10.2 Å². The van der Waals surface area contributed by atoms with Gasteiger partial charge in [0.05, 0.1) is 12.5 Å². The molecule has 2 fully saturated rings. The molecule has 1 aliphatic carbocycles. The maximum atomic E-state index is 13.2. The lowest BCUT2D eigenvalue weighted by molar-refractivity contribution is -0.132. The van der Waals surface area contributed by atoms with Crippen molar-refractivity contribution >= 4 is 5.91 Å².